The molecule has 36 heavy (non-hydrogen) atoms. The molecular formula is C34H54O2. The van der Waals surface area contributed by atoms with Crippen LogP contribution in [0.2, 0.25) is 0 Å². The monoisotopic (exact) mass is 494 g/mol. The van der Waals surface area contributed by atoms with Crippen molar-refractivity contribution in [3.8, 4) is 0 Å². The number of allylic oxidation sites excluding steroid dienone is 2. The van der Waals surface area contributed by atoms with Crippen molar-refractivity contribution in [1.29, 1.82) is 0 Å². The summed E-state index contributed by atoms with van der Waals surface area (Å²) >= 11 is 0. The smallest absolute Gasteiger partial charge is 0.338 e. The maximum absolute atomic E-state index is 12.8. The summed E-state index contributed by atoms with van der Waals surface area (Å²) in [6, 6.07) is 8.21. The molecule has 2 aliphatic carbocycles. The van der Waals surface area contributed by atoms with Gasteiger partial charge in [-0.2, -0.15) is 0 Å². The first kappa shape index (κ1) is 29.0. The Morgan fingerprint density at radius 3 is 2.19 bits per heavy atom. The molecule has 2 nitrogen and oxygen atoms in total. The molecule has 2 heteroatoms. The highest BCUT2D eigenvalue weighted by Gasteiger charge is 2.25. The van der Waals surface area contributed by atoms with Crippen LogP contribution in [0.5, 0.6) is 0 Å². The lowest BCUT2D eigenvalue weighted by atomic mass is 9.78. The zero-order valence-electron chi connectivity index (χ0n) is 23.7. The Morgan fingerprint density at radius 1 is 0.861 bits per heavy atom. The molecule has 0 radical (unpaired) electrons. The van der Waals surface area contributed by atoms with Crippen LogP contribution in [0.1, 0.15) is 152 Å². The lowest BCUT2D eigenvalue weighted by Gasteiger charge is -2.28. The second-order valence-electron chi connectivity index (χ2n) is 11.9. The van der Waals surface area contributed by atoms with Crippen LogP contribution < -0.4 is 0 Å². The van der Waals surface area contributed by atoms with Gasteiger partial charge in [0.15, 0.2) is 0 Å². The molecule has 1 saturated carbocycles. The first-order chi connectivity index (χ1) is 17.6. The fourth-order valence-electron chi connectivity index (χ4n) is 6.38. The van der Waals surface area contributed by atoms with Crippen LogP contribution in [0.4, 0.5) is 0 Å². The molecule has 202 valence electrons. The fraction of sp³-hybridized carbons (Fsp3) is 0.735. The van der Waals surface area contributed by atoms with Crippen LogP contribution in [0.3, 0.4) is 0 Å². The molecule has 1 aromatic rings. The van der Waals surface area contributed by atoms with E-state index < -0.39 is 0 Å². The van der Waals surface area contributed by atoms with Crippen LogP contribution in [-0.4, -0.2) is 12.1 Å². The molecule has 0 aliphatic heterocycles. The predicted octanol–water partition coefficient (Wildman–Crippen LogP) is 10.6. The zero-order chi connectivity index (χ0) is 25.6. The largest absolute Gasteiger partial charge is 0.459 e. The Kier molecular flexibility index (Phi) is 13.1. The number of ether oxygens (including phenoxy) is 1. The number of rotatable bonds is 15. The molecule has 0 spiro atoms. The van der Waals surface area contributed by atoms with E-state index in [1.807, 2.05) is 12.1 Å². The third-order valence-corrected chi connectivity index (χ3v) is 9.04. The number of hydrogen-bond donors (Lipinski definition) is 0. The normalized spacial score (nSPS) is 23.2. The van der Waals surface area contributed by atoms with E-state index in [-0.39, 0.29) is 12.1 Å². The SMILES string of the molecule is CCCCCCCC[C@H]1CC[C@H](OC(=O)c2ccc(C3=CCC(C(C)CCCCC)CC3)cc2)CC1. The molecule has 0 bridgehead atoms. The first-order valence-electron chi connectivity index (χ1n) is 15.6. The third kappa shape index (κ3) is 9.71. The minimum Gasteiger partial charge on any atom is -0.459 e. The van der Waals surface area contributed by atoms with Crippen molar-refractivity contribution in [3.05, 3.63) is 41.5 Å². The van der Waals surface area contributed by atoms with Gasteiger partial charge in [-0.3, -0.25) is 0 Å². The van der Waals surface area contributed by atoms with E-state index in [4.69, 9.17) is 4.74 Å². The van der Waals surface area contributed by atoms with Crippen LogP contribution in [0.15, 0.2) is 30.3 Å². The average molecular weight is 495 g/mol. The van der Waals surface area contributed by atoms with E-state index in [0.717, 1.165) is 37.0 Å². The van der Waals surface area contributed by atoms with Gasteiger partial charge in [-0.1, -0.05) is 110 Å². The third-order valence-electron chi connectivity index (χ3n) is 9.04. The van der Waals surface area contributed by atoms with Gasteiger partial charge in [-0.25, -0.2) is 4.79 Å². The molecule has 2 atom stereocenters. The van der Waals surface area contributed by atoms with Gasteiger partial charge in [-0.15, -0.1) is 0 Å². The summed E-state index contributed by atoms with van der Waals surface area (Å²) < 4.78 is 5.91. The van der Waals surface area contributed by atoms with Crippen LogP contribution >= 0.6 is 0 Å². The Balaban J connectivity index is 1.36. The summed E-state index contributed by atoms with van der Waals surface area (Å²) in [5.74, 6) is 2.37. The summed E-state index contributed by atoms with van der Waals surface area (Å²) in [6.07, 6.45) is 25.8. The molecular weight excluding hydrogens is 440 g/mol. The minimum atomic E-state index is -0.139. The number of esters is 1. The average Bonchev–Trinajstić information content (AvgIpc) is 2.92. The van der Waals surface area contributed by atoms with Gasteiger partial charge < -0.3 is 4.74 Å². The fourth-order valence-corrected chi connectivity index (χ4v) is 6.38. The molecule has 1 aromatic carbocycles. The van der Waals surface area contributed by atoms with Gasteiger partial charge in [0, 0.05) is 0 Å². The van der Waals surface area contributed by atoms with Gasteiger partial charge in [0.2, 0.25) is 0 Å². The van der Waals surface area contributed by atoms with E-state index in [1.54, 1.807) is 0 Å². The van der Waals surface area contributed by atoms with Crippen molar-refractivity contribution in [2.75, 3.05) is 0 Å². The molecule has 0 amide bonds. The number of benzene rings is 1. The van der Waals surface area contributed by atoms with Crippen molar-refractivity contribution in [2.45, 2.75) is 142 Å². The molecule has 1 fully saturated rings. The Bertz CT molecular complexity index is 769. The summed E-state index contributed by atoms with van der Waals surface area (Å²) in [5.41, 5.74) is 3.43. The minimum absolute atomic E-state index is 0.107. The Morgan fingerprint density at radius 2 is 1.53 bits per heavy atom. The van der Waals surface area contributed by atoms with Gasteiger partial charge in [0.25, 0.3) is 0 Å². The van der Waals surface area contributed by atoms with Gasteiger partial charge in [0.1, 0.15) is 6.10 Å². The van der Waals surface area contributed by atoms with E-state index in [1.165, 1.54) is 107 Å². The standard InChI is InChI=1S/C34H54O2/c1-4-6-8-9-10-12-14-28-15-25-33(26-16-28)36-34(35)32-23-21-31(22-24-32)30-19-17-29(18-20-30)27(3)13-11-7-5-2/h19,21-24,27-29,33H,4-18,20,25-26H2,1-3H3/t27?,28-,29?,33-. The second kappa shape index (κ2) is 16.3. The number of hydrogen-bond acceptors (Lipinski definition) is 2. The van der Waals surface area contributed by atoms with Gasteiger partial charge in [0.05, 0.1) is 5.56 Å². The van der Waals surface area contributed by atoms with E-state index in [0.29, 0.717) is 5.56 Å². The highest BCUT2D eigenvalue weighted by molar-refractivity contribution is 5.90. The number of unbranched alkanes of at least 4 members (excludes halogenated alkanes) is 7. The van der Waals surface area contributed by atoms with Crippen LogP contribution in [0, 0.1) is 17.8 Å². The maximum atomic E-state index is 12.8. The summed E-state index contributed by atoms with van der Waals surface area (Å²) in [5, 5.41) is 0. The van der Waals surface area contributed by atoms with Crippen molar-refractivity contribution in [1.82, 2.24) is 0 Å². The molecule has 0 saturated heterocycles. The van der Waals surface area contributed by atoms with Crippen molar-refractivity contribution in [3.63, 3.8) is 0 Å². The molecule has 3 rings (SSSR count). The molecule has 0 aromatic heterocycles. The summed E-state index contributed by atoms with van der Waals surface area (Å²) in [7, 11) is 0. The van der Waals surface area contributed by atoms with E-state index >= 15 is 0 Å². The molecule has 0 heterocycles. The Labute approximate surface area is 222 Å². The second-order valence-corrected chi connectivity index (χ2v) is 11.9. The number of carbonyl (C=O) groups excluding carboxylic acids is 1. The summed E-state index contributed by atoms with van der Waals surface area (Å²) in [6.45, 7) is 7.01. The zero-order valence-corrected chi connectivity index (χ0v) is 23.7. The van der Waals surface area contributed by atoms with Crippen molar-refractivity contribution >= 4 is 11.5 Å². The molecule has 2 unspecified atom stereocenters. The highest BCUT2D eigenvalue weighted by Crippen LogP contribution is 2.36. The summed E-state index contributed by atoms with van der Waals surface area (Å²) in [4.78, 5) is 12.8. The molecule has 2 aliphatic rings. The predicted molar refractivity (Wildman–Crippen MR) is 154 cm³/mol. The maximum Gasteiger partial charge on any atom is 0.338 e. The first-order valence-corrected chi connectivity index (χ1v) is 15.6. The van der Waals surface area contributed by atoms with Crippen LogP contribution in [-0.2, 0) is 4.74 Å². The lowest BCUT2D eigenvalue weighted by molar-refractivity contribution is 0.0161. The van der Waals surface area contributed by atoms with E-state index in [2.05, 4.69) is 39.0 Å². The van der Waals surface area contributed by atoms with Gasteiger partial charge in [-0.05, 0) is 86.0 Å². The molecule has 0 N–H and O–H groups in total. The van der Waals surface area contributed by atoms with Crippen molar-refractivity contribution in [2.24, 2.45) is 17.8 Å². The Hall–Kier alpha value is -1.57. The number of carbonyl (C=O) groups is 1. The van der Waals surface area contributed by atoms with Gasteiger partial charge >= 0.3 is 5.97 Å². The quantitative estimate of drug-likeness (QED) is 0.179. The van der Waals surface area contributed by atoms with Crippen LogP contribution in [0.25, 0.3) is 5.57 Å². The topological polar surface area (TPSA) is 26.3 Å². The lowest BCUT2D eigenvalue weighted by Crippen LogP contribution is -2.24. The van der Waals surface area contributed by atoms with Crippen molar-refractivity contribution < 1.29 is 9.53 Å². The highest BCUT2D eigenvalue weighted by atomic mass is 16.5. The van der Waals surface area contributed by atoms with E-state index in [9.17, 15) is 4.79 Å².